The van der Waals surface area contributed by atoms with E-state index in [0.717, 1.165) is 37.6 Å². The summed E-state index contributed by atoms with van der Waals surface area (Å²) in [6.07, 6.45) is 0. The minimum absolute atomic E-state index is 0.248. The first kappa shape index (κ1) is 19.7. The molecule has 0 N–H and O–H groups in total. The third kappa shape index (κ3) is 4.54. The van der Waals surface area contributed by atoms with Crippen LogP contribution in [0.15, 0.2) is 59.6 Å². The molecular formula is C23H20FN3S2. The molecule has 0 aliphatic heterocycles. The highest BCUT2D eigenvalue weighted by atomic mass is 32.2. The molecule has 2 aromatic carbocycles. The standard InChI is InChI=1S/C23H20FN3S2/c1-14-4-5-15(2)18(12-14)13-28-21-11-10-20(26-27-21)22-16(3)25-23(29-22)17-6-8-19(24)9-7-17/h4-12H,13H2,1-3H3. The molecule has 0 amide bonds. The van der Waals surface area contributed by atoms with E-state index >= 15 is 0 Å². The summed E-state index contributed by atoms with van der Waals surface area (Å²) < 4.78 is 13.2. The molecule has 4 rings (SSSR count). The van der Waals surface area contributed by atoms with Gasteiger partial charge in [-0.2, -0.15) is 0 Å². The molecule has 0 aliphatic carbocycles. The average molecular weight is 422 g/mol. The molecule has 0 fully saturated rings. The zero-order valence-corrected chi connectivity index (χ0v) is 18.1. The van der Waals surface area contributed by atoms with Gasteiger partial charge in [-0.15, -0.1) is 21.5 Å². The highest BCUT2D eigenvalue weighted by Crippen LogP contribution is 2.34. The number of hydrogen-bond acceptors (Lipinski definition) is 5. The Kier molecular flexibility index (Phi) is 5.74. The van der Waals surface area contributed by atoms with E-state index in [1.54, 1.807) is 35.2 Å². The molecule has 2 heterocycles. The summed E-state index contributed by atoms with van der Waals surface area (Å²) in [5.41, 5.74) is 6.50. The number of thioether (sulfide) groups is 1. The minimum atomic E-state index is -0.248. The van der Waals surface area contributed by atoms with Crippen molar-refractivity contribution in [1.82, 2.24) is 15.2 Å². The zero-order valence-electron chi connectivity index (χ0n) is 16.4. The lowest BCUT2D eigenvalue weighted by Gasteiger charge is -2.06. The van der Waals surface area contributed by atoms with Crippen molar-refractivity contribution < 1.29 is 4.39 Å². The van der Waals surface area contributed by atoms with Gasteiger partial charge in [0.1, 0.15) is 21.5 Å². The van der Waals surface area contributed by atoms with E-state index in [-0.39, 0.29) is 5.82 Å². The highest BCUT2D eigenvalue weighted by Gasteiger charge is 2.13. The molecule has 6 heteroatoms. The molecule has 0 saturated carbocycles. The van der Waals surface area contributed by atoms with Gasteiger partial charge in [-0.1, -0.05) is 35.5 Å². The van der Waals surface area contributed by atoms with Gasteiger partial charge in [0.25, 0.3) is 0 Å². The minimum Gasteiger partial charge on any atom is -0.241 e. The molecule has 0 unspecified atom stereocenters. The van der Waals surface area contributed by atoms with E-state index in [1.165, 1.54) is 28.8 Å². The van der Waals surface area contributed by atoms with Gasteiger partial charge >= 0.3 is 0 Å². The van der Waals surface area contributed by atoms with E-state index in [0.29, 0.717) is 0 Å². The molecule has 0 spiro atoms. The number of aromatic nitrogens is 3. The predicted octanol–water partition coefficient (Wildman–Crippen LogP) is 6.62. The zero-order chi connectivity index (χ0) is 20.4. The van der Waals surface area contributed by atoms with Crippen LogP contribution in [0.1, 0.15) is 22.4 Å². The quantitative estimate of drug-likeness (QED) is 0.339. The second-order valence-corrected chi connectivity index (χ2v) is 8.91. The average Bonchev–Trinajstić information content (AvgIpc) is 3.11. The van der Waals surface area contributed by atoms with Crippen LogP contribution in [0.25, 0.3) is 21.1 Å². The first-order chi connectivity index (χ1) is 14.0. The van der Waals surface area contributed by atoms with Crippen LogP contribution in [0.5, 0.6) is 0 Å². The lowest BCUT2D eigenvalue weighted by atomic mass is 10.1. The Hall–Kier alpha value is -2.57. The number of halogens is 1. The lowest BCUT2D eigenvalue weighted by molar-refractivity contribution is 0.628. The largest absolute Gasteiger partial charge is 0.241 e. The summed E-state index contributed by atoms with van der Waals surface area (Å²) >= 11 is 3.23. The fraction of sp³-hybridized carbons (Fsp3) is 0.174. The van der Waals surface area contributed by atoms with Crippen LogP contribution in [0.3, 0.4) is 0 Å². The Bertz CT molecular complexity index is 1140. The van der Waals surface area contributed by atoms with Crippen molar-refractivity contribution in [2.45, 2.75) is 31.6 Å². The molecule has 0 atom stereocenters. The van der Waals surface area contributed by atoms with Crippen molar-refractivity contribution >= 4 is 23.1 Å². The number of rotatable bonds is 5. The molecule has 0 aliphatic rings. The topological polar surface area (TPSA) is 38.7 Å². The number of hydrogen-bond donors (Lipinski definition) is 0. The molecule has 29 heavy (non-hydrogen) atoms. The summed E-state index contributed by atoms with van der Waals surface area (Å²) in [6, 6.07) is 16.9. The second-order valence-electron chi connectivity index (χ2n) is 6.92. The van der Waals surface area contributed by atoms with Gasteiger partial charge in [-0.3, -0.25) is 0 Å². The maximum absolute atomic E-state index is 13.2. The highest BCUT2D eigenvalue weighted by molar-refractivity contribution is 7.98. The maximum atomic E-state index is 13.2. The van der Waals surface area contributed by atoms with Crippen LogP contribution in [0, 0.1) is 26.6 Å². The Labute approximate surface area is 178 Å². The van der Waals surface area contributed by atoms with E-state index in [9.17, 15) is 4.39 Å². The van der Waals surface area contributed by atoms with Crippen molar-refractivity contribution in [3.05, 3.63) is 82.8 Å². The van der Waals surface area contributed by atoms with Crippen molar-refractivity contribution in [2.75, 3.05) is 0 Å². The number of benzene rings is 2. The lowest BCUT2D eigenvalue weighted by Crippen LogP contribution is -1.91. The smallest absolute Gasteiger partial charge is 0.124 e. The van der Waals surface area contributed by atoms with Crippen molar-refractivity contribution in [2.24, 2.45) is 0 Å². The van der Waals surface area contributed by atoms with Gasteiger partial charge in [0.2, 0.25) is 0 Å². The predicted molar refractivity (Wildman–Crippen MR) is 119 cm³/mol. The van der Waals surface area contributed by atoms with Gasteiger partial charge in [0.15, 0.2) is 0 Å². The summed E-state index contributed by atoms with van der Waals surface area (Å²) in [4.78, 5) is 5.62. The molecule has 4 aromatic rings. The Morgan fingerprint density at radius 1 is 0.931 bits per heavy atom. The molecule has 0 radical (unpaired) electrons. The normalized spacial score (nSPS) is 11.0. The fourth-order valence-corrected chi connectivity index (χ4v) is 4.89. The third-order valence-corrected chi connectivity index (χ3v) is 6.84. The van der Waals surface area contributed by atoms with E-state index in [4.69, 9.17) is 0 Å². The van der Waals surface area contributed by atoms with Gasteiger partial charge in [-0.25, -0.2) is 9.37 Å². The first-order valence-electron chi connectivity index (χ1n) is 9.26. The van der Waals surface area contributed by atoms with E-state index in [1.807, 2.05) is 19.1 Å². The fourth-order valence-electron chi connectivity index (χ4n) is 2.98. The number of nitrogens with zero attached hydrogens (tertiary/aromatic N) is 3. The van der Waals surface area contributed by atoms with Crippen molar-refractivity contribution in [1.29, 1.82) is 0 Å². The van der Waals surface area contributed by atoms with Crippen LogP contribution >= 0.6 is 23.1 Å². The van der Waals surface area contributed by atoms with E-state index in [2.05, 4.69) is 47.2 Å². The summed E-state index contributed by atoms with van der Waals surface area (Å²) in [6.45, 7) is 6.21. The van der Waals surface area contributed by atoms with Gasteiger partial charge in [0.05, 0.1) is 10.6 Å². The van der Waals surface area contributed by atoms with Crippen LogP contribution in [0.4, 0.5) is 4.39 Å². The monoisotopic (exact) mass is 421 g/mol. The maximum Gasteiger partial charge on any atom is 0.124 e. The first-order valence-corrected chi connectivity index (χ1v) is 11.1. The Morgan fingerprint density at radius 3 is 2.45 bits per heavy atom. The SMILES string of the molecule is Cc1ccc(C)c(CSc2ccc(-c3sc(-c4ccc(F)cc4)nc3C)nn2)c1. The second kappa shape index (κ2) is 8.43. The molecule has 2 aromatic heterocycles. The van der Waals surface area contributed by atoms with Gasteiger partial charge < -0.3 is 0 Å². The number of thiazole rings is 1. The third-order valence-electron chi connectivity index (χ3n) is 4.64. The molecule has 0 bridgehead atoms. The van der Waals surface area contributed by atoms with Crippen molar-refractivity contribution in [3.8, 4) is 21.1 Å². The summed E-state index contributed by atoms with van der Waals surface area (Å²) in [5.74, 6) is 0.623. The Balaban J connectivity index is 1.50. The molecule has 3 nitrogen and oxygen atoms in total. The van der Waals surface area contributed by atoms with Crippen molar-refractivity contribution in [3.63, 3.8) is 0 Å². The van der Waals surface area contributed by atoms with Gasteiger partial charge in [-0.05, 0) is 68.3 Å². The summed E-state index contributed by atoms with van der Waals surface area (Å²) in [7, 11) is 0. The molecule has 0 saturated heterocycles. The molecule has 146 valence electrons. The van der Waals surface area contributed by atoms with E-state index < -0.39 is 0 Å². The summed E-state index contributed by atoms with van der Waals surface area (Å²) in [5, 5.41) is 10.6. The van der Waals surface area contributed by atoms with Crippen LogP contribution in [-0.2, 0) is 5.75 Å². The van der Waals surface area contributed by atoms with Crippen LogP contribution < -0.4 is 0 Å². The van der Waals surface area contributed by atoms with Crippen LogP contribution in [-0.4, -0.2) is 15.2 Å². The number of aryl methyl sites for hydroxylation is 3. The Morgan fingerprint density at radius 2 is 1.72 bits per heavy atom. The van der Waals surface area contributed by atoms with Crippen LogP contribution in [0.2, 0.25) is 0 Å². The van der Waals surface area contributed by atoms with Gasteiger partial charge in [0, 0.05) is 11.3 Å². The molecular weight excluding hydrogens is 401 g/mol.